The molecule has 5 nitrogen and oxygen atoms in total. The van der Waals surface area contributed by atoms with Crippen molar-refractivity contribution in [2.45, 2.75) is 44.4 Å². The number of ether oxygens (including phenoxy) is 1. The summed E-state index contributed by atoms with van der Waals surface area (Å²) in [4.78, 5) is 14.9. The second-order valence-corrected chi connectivity index (χ2v) is 9.02. The Morgan fingerprint density at radius 1 is 1.09 bits per heavy atom. The van der Waals surface area contributed by atoms with E-state index in [9.17, 15) is 27.5 Å². The van der Waals surface area contributed by atoms with E-state index in [1.807, 2.05) is 0 Å². The van der Waals surface area contributed by atoms with Crippen molar-refractivity contribution in [1.82, 2.24) is 0 Å². The third-order valence-corrected chi connectivity index (χ3v) is 6.09. The summed E-state index contributed by atoms with van der Waals surface area (Å²) in [6.45, 7) is 4.01. The second-order valence-electron chi connectivity index (χ2n) is 9.02. The number of alkyl halides is 3. The Kier molecular flexibility index (Phi) is 6.66. The number of nitrogens with zero attached hydrogens (tertiary/aromatic N) is 2. The minimum Gasteiger partial charge on any atom is -0.496 e. The summed E-state index contributed by atoms with van der Waals surface area (Å²) < 4.78 is 62.1. The third kappa shape index (κ3) is 4.93. The van der Waals surface area contributed by atoms with Crippen molar-refractivity contribution in [2.75, 3.05) is 36.5 Å². The number of anilines is 2. The van der Waals surface area contributed by atoms with Crippen LogP contribution in [0.3, 0.4) is 0 Å². The van der Waals surface area contributed by atoms with Crippen LogP contribution in [0.25, 0.3) is 0 Å². The van der Waals surface area contributed by atoms with Crippen molar-refractivity contribution in [2.24, 2.45) is 0 Å². The number of para-hydroxylation sites is 2. The Labute approximate surface area is 190 Å². The van der Waals surface area contributed by atoms with Crippen LogP contribution in [0.4, 0.5) is 28.9 Å². The van der Waals surface area contributed by atoms with Crippen molar-refractivity contribution in [3.63, 3.8) is 0 Å². The Balaban J connectivity index is 1.99. The van der Waals surface area contributed by atoms with Gasteiger partial charge in [0.15, 0.2) is 5.60 Å². The lowest BCUT2D eigenvalue weighted by atomic mass is 9.74. The predicted molar refractivity (Wildman–Crippen MR) is 118 cm³/mol. The molecular weight excluding hydrogens is 440 g/mol. The van der Waals surface area contributed by atoms with E-state index in [1.165, 1.54) is 49.8 Å². The Hall–Kier alpha value is -2.81. The topological polar surface area (TPSA) is 53.0 Å². The number of aliphatic hydroxyl groups is 1. The van der Waals surface area contributed by atoms with Crippen LogP contribution in [0.2, 0.25) is 0 Å². The molecule has 1 N–H and O–H groups in total. The van der Waals surface area contributed by atoms with E-state index in [-0.39, 0.29) is 30.3 Å². The largest absolute Gasteiger partial charge is 0.496 e. The molecule has 2 aromatic carbocycles. The number of carbonyl (C=O) groups excluding carboxylic acids is 1. The number of benzene rings is 2. The molecule has 1 atom stereocenters. The maximum absolute atomic E-state index is 14.3. The molecule has 33 heavy (non-hydrogen) atoms. The number of amides is 1. The normalized spacial score (nSPS) is 16.3. The fraction of sp³-hybridized carbons (Fsp3) is 0.458. The fourth-order valence-electron chi connectivity index (χ4n) is 4.51. The number of rotatable bonds is 6. The molecule has 0 aliphatic carbocycles. The van der Waals surface area contributed by atoms with Crippen molar-refractivity contribution >= 4 is 17.3 Å². The molecule has 0 spiro atoms. The molecule has 2 aromatic rings. The Bertz CT molecular complexity index is 1030. The zero-order valence-electron chi connectivity index (χ0n) is 19.0. The summed E-state index contributed by atoms with van der Waals surface area (Å²) in [6.07, 6.45) is -5.68. The van der Waals surface area contributed by atoms with Gasteiger partial charge in [-0.15, -0.1) is 0 Å². The third-order valence-electron chi connectivity index (χ3n) is 6.09. The SMILES string of the molecule is COc1ccc(F)cc1C(C)(C)CC(O)(CN1CCN(C(C)=O)c2ccccc21)C(F)(F)F. The number of halogens is 4. The van der Waals surface area contributed by atoms with Crippen LogP contribution in [-0.4, -0.2) is 49.5 Å². The van der Waals surface area contributed by atoms with Gasteiger partial charge in [0.1, 0.15) is 11.6 Å². The zero-order chi connectivity index (χ0) is 24.6. The lowest BCUT2D eigenvalue weighted by Gasteiger charge is -2.44. The summed E-state index contributed by atoms with van der Waals surface area (Å²) in [5.41, 5.74) is -3.23. The average Bonchev–Trinajstić information content (AvgIpc) is 2.72. The number of hydrogen-bond donors (Lipinski definition) is 1. The van der Waals surface area contributed by atoms with Gasteiger partial charge in [-0.25, -0.2) is 4.39 Å². The van der Waals surface area contributed by atoms with Gasteiger partial charge in [-0.1, -0.05) is 26.0 Å². The average molecular weight is 468 g/mol. The van der Waals surface area contributed by atoms with Crippen LogP contribution >= 0.6 is 0 Å². The van der Waals surface area contributed by atoms with Crippen LogP contribution in [-0.2, 0) is 10.2 Å². The molecule has 0 fully saturated rings. The second kappa shape index (κ2) is 8.85. The number of carbonyl (C=O) groups is 1. The summed E-state index contributed by atoms with van der Waals surface area (Å²) in [7, 11) is 1.36. The Morgan fingerprint density at radius 2 is 1.73 bits per heavy atom. The monoisotopic (exact) mass is 468 g/mol. The summed E-state index contributed by atoms with van der Waals surface area (Å²) in [5.74, 6) is -0.581. The van der Waals surface area contributed by atoms with Crippen LogP contribution in [0.1, 0.15) is 32.8 Å². The molecule has 9 heteroatoms. The van der Waals surface area contributed by atoms with Crippen molar-refractivity contribution in [3.8, 4) is 5.75 Å². The molecule has 0 saturated carbocycles. The van der Waals surface area contributed by atoms with Gasteiger partial charge in [-0.2, -0.15) is 13.2 Å². The first-order valence-electron chi connectivity index (χ1n) is 10.5. The van der Waals surface area contributed by atoms with Gasteiger partial charge < -0.3 is 19.6 Å². The first kappa shape index (κ1) is 24.8. The molecule has 0 radical (unpaired) electrons. The highest BCUT2D eigenvalue weighted by Gasteiger charge is 2.57. The van der Waals surface area contributed by atoms with Crippen molar-refractivity contribution in [3.05, 3.63) is 53.8 Å². The van der Waals surface area contributed by atoms with E-state index in [0.717, 1.165) is 6.07 Å². The van der Waals surface area contributed by atoms with E-state index in [2.05, 4.69) is 0 Å². The number of hydrogen-bond acceptors (Lipinski definition) is 4. The van der Waals surface area contributed by atoms with Crippen LogP contribution in [0.15, 0.2) is 42.5 Å². The molecule has 1 aliphatic heterocycles. The highest BCUT2D eigenvalue weighted by Crippen LogP contribution is 2.45. The summed E-state index contributed by atoms with van der Waals surface area (Å²) in [5, 5.41) is 11.0. The van der Waals surface area contributed by atoms with E-state index >= 15 is 0 Å². The number of fused-ring (bicyclic) bond motifs is 1. The molecule has 1 amide bonds. The van der Waals surface area contributed by atoms with Gasteiger partial charge in [0.05, 0.1) is 25.0 Å². The van der Waals surface area contributed by atoms with Gasteiger partial charge in [-0.05, 0) is 42.2 Å². The molecular formula is C24H28F4N2O3. The minimum atomic E-state index is -4.96. The molecule has 0 bridgehead atoms. The lowest BCUT2D eigenvalue weighted by Crippen LogP contribution is -2.58. The molecule has 1 unspecified atom stereocenters. The number of β-amino-alcohol motifs (C(OH)–C–C–N with tert-alkyl or cyclic N) is 1. The lowest BCUT2D eigenvalue weighted by molar-refractivity contribution is -0.262. The first-order valence-corrected chi connectivity index (χ1v) is 10.5. The van der Waals surface area contributed by atoms with Gasteiger partial charge in [-0.3, -0.25) is 4.79 Å². The van der Waals surface area contributed by atoms with E-state index < -0.39 is 36.0 Å². The number of methoxy groups -OCH3 is 1. The van der Waals surface area contributed by atoms with Crippen LogP contribution < -0.4 is 14.5 Å². The maximum Gasteiger partial charge on any atom is 0.418 e. The molecule has 1 aliphatic rings. The molecule has 180 valence electrons. The van der Waals surface area contributed by atoms with Crippen molar-refractivity contribution < 1.29 is 32.2 Å². The smallest absolute Gasteiger partial charge is 0.418 e. The van der Waals surface area contributed by atoms with E-state index in [1.54, 1.807) is 24.3 Å². The minimum absolute atomic E-state index is 0.124. The van der Waals surface area contributed by atoms with E-state index in [0.29, 0.717) is 11.4 Å². The quantitative estimate of drug-likeness (QED) is 0.627. The van der Waals surface area contributed by atoms with Gasteiger partial charge in [0.25, 0.3) is 0 Å². The molecule has 3 rings (SSSR count). The fourth-order valence-corrected chi connectivity index (χ4v) is 4.51. The molecule has 0 aromatic heterocycles. The van der Waals surface area contributed by atoms with Gasteiger partial charge in [0.2, 0.25) is 5.91 Å². The Morgan fingerprint density at radius 3 is 2.30 bits per heavy atom. The standard InChI is InChI=1S/C24H28F4N2O3/c1-16(31)30-12-11-29(19-7-5-6-8-20(19)30)15-23(32,24(26,27)28)14-22(2,3)18-13-17(25)9-10-21(18)33-4/h5-10,13,32H,11-12,14-15H2,1-4H3. The van der Waals surface area contributed by atoms with Gasteiger partial charge in [0, 0.05) is 25.6 Å². The maximum atomic E-state index is 14.3. The molecule has 1 heterocycles. The highest BCUT2D eigenvalue weighted by molar-refractivity contribution is 5.96. The highest BCUT2D eigenvalue weighted by atomic mass is 19.4. The summed E-state index contributed by atoms with van der Waals surface area (Å²) in [6, 6.07) is 10.3. The molecule has 0 saturated heterocycles. The van der Waals surface area contributed by atoms with E-state index in [4.69, 9.17) is 4.74 Å². The van der Waals surface area contributed by atoms with Crippen molar-refractivity contribution in [1.29, 1.82) is 0 Å². The predicted octanol–water partition coefficient (Wildman–Crippen LogP) is 4.67. The summed E-state index contributed by atoms with van der Waals surface area (Å²) >= 11 is 0. The van der Waals surface area contributed by atoms with Gasteiger partial charge >= 0.3 is 6.18 Å². The van der Waals surface area contributed by atoms with Crippen LogP contribution in [0.5, 0.6) is 5.75 Å². The zero-order valence-corrected chi connectivity index (χ0v) is 19.0. The first-order chi connectivity index (χ1) is 15.3. The van der Waals surface area contributed by atoms with Crippen LogP contribution in [0, 0.1) is 5.82 Å².